The summed E-state index contributed by atoms with van der Waals surface area (Å²) in [7, 11) is 0. The molecule has 1 aromatic carbocycles. The van der Waals surface area contributed by atoms with Crippen LogP contribution in [0.4, 0.5) is 19.3 Å². The van der Waals surface area contributed by atoms with Crippen molar-refractivity contribution in [3.05, 3.63) is 28.2 Å². The zero-order valence-corrected chi connectivity index (χ0v) is 13.2. The van der Waals surface area contributed by atoms with Gasteiger partial charge in [-0.2, -0.15) is 0 Å². The first-order valence-corrected chi connectivity index (χ1v) is 7.73. The van der Waals surface area contributed by atoms with Crippen LogP contribution < -0.4 is 5.32 Å². The first-order chi connectivity index (χ1) is 9.81. The molecule has 2 rings (SSSR count). The number of amides is 2. The molecule has 2 amide bonds. The SMILES string of the molecule is CC1SCC(C(=O)O)N1C(=O)Nc1cc(F)c(Br)cc1F. The lowest BCUT2D eigenvalue weighted by Gasteiger charge is -2.25. The molecule has 0 aromatic heterocycles. The number of anilines is 1. The zero-order valence-electron chi connectivity index (χ0n) is 10.8. The third kappa shape index (κ3) is 3.29. The third-order valence-corrected chi connectivity index (χ3v) is 4.82. The van der Waals surface area contributed by atoms with Gasteiger partial charge < -0.3 is 10.4 Å². The summed E-state index contributed by atoms with van der Waals surface area (Å²) in [6, 6.07) is -0.0446. The van der Waals surface area contributed by atoms with Crippen molar-refractivity contribution in [2.45, 2.75) is 18.3 Å². The van der Waals surface area contributed by atoms with Crippen molar-refractivity contribution in [1.29, 1.82) is 0 Å². The maximum atomic E-state index is 13.7. The molecule has 5 nitrogen and oxygen atoms in total. The number of benzene rings is 1. The van der Waals surface area contributed by atoms with Crippen LogP contribution in [-0.2, 0) is 4.79 Å². The molecule has 1 aliphatic heterocycles. The topological polar surface area (TPSA) is 69.6 Å². The van der Waals surface area contributed by atoms with Crippen LogP contribution in [0.25, 0.3) is 0 Å². The first-order valence-electron chi connectivity index (χ1n) is 5.89. The fourth-order valence-corrected chi connectivity index (χ4v) is 3.42. The number of carbonyl (C=O) groups excluding carboxylic acids is 1. The van der Waals surface area contributed by atoms with Gasteiger partial charge in [-0.05, 0) is 28.9 Å². The molecule has 2 atom stereocenters. The van der Waals surface area contributed by atoms with Crippen LogP contribution in [0.3, 0.4) is 0 Å². The van der Waals surface area contributed by atoms with Gasteiger partial charge in [0, 0.05) is 11.8 Å². The summed E-state index contributed by atoms with van der Waals surface area (Å²) in [4.78, 5) is 24.3. The average molecular weight is 381 g/mol. The Kier molecular flexibility index (Phi) is 4.72. The fourth-order valence-electron chi connectivity index (χ4n) is 1.94. The van der Waals surface area contributed by atoms with Crippen molar-refractivity contribution in [3.8, 4) is 0 Å². The van der Waals surface area contributed by atoms with Crippen LogP contribution in [0, 0.1) is 11.6 Å². The third-order valence-electron chi connectivity index (χ3n) is 2.99. The number of carboxylic acids is 1. The molecule has 0 bridgehead atoms. The number of aliphatic carboxylic acids is 1. The zero-order chi connectivity index (χ0) is 15.7. The molecule has 1 aliphatic rings. The molecule has 0 spiro atoms. The molecule has 0 saturated carbocycles. The largest absolute Gasteiger partial charge is 0.480 e. The maximum absolute atomic E-state index is 13.7. The van der Waals surface area contributed by atoms with Gasteiger partial charge in [0.2, 0.25) is 0 Å². The van der Waals surface area contributed by atoms with E-state index in [0.717, 1.165) is 17.0 Å². The van der Waals surface area contributed by atoms with Crippen molar-refractivity contribution in [3.63, 3.8) is 0 Å². The molecule has 1 saturated heterocycles. The number of thioether (sulfide) groups is 1. The number of carbonyl (C=O) groups is 2. The highest BCUT2D eigenvalue weighted by atomic mass is 79.9. The summed E-state index contributed by atoms with van der Waals surface area (Å²) >= 11 is 4.13. The molecule has 1 aromatic rings. The van der Waals surface area contributed by atoms with Gasteiger partial charge >= 0.3 is 12.0 Å². The summed E-state index contributed by atoms with van der Waals surface area (Å²) in [6.45, 7) is 1.67. The maximum Gasteiger partial charge on any atom is 0.327 e. The van der Waals surface area contributed by atoms with Gasteiger partial charge in [-0.15, -0.1) is 11.8 Å². The van der Waals surface area contributed by atoms with Crippen molar-refractivity contribution < 1.29 is 23.5 Å². The predicted octanol–water partition coefficient (Wildman–Crippen LogP) is 3.11. The van der Waals surface area contributed by atoms with Gasteiger partial charge in [-0.1, -0.05) is 0 Å². The Morgan fingerprint density at radius 2 is 2.10 bits per heavy atom. The highest BCUT2D eigenvalue weighted by molar-refractivity contribution is 9.10. The number of carboxylic acid groups (broad SMARTS) is 1. The van der Waals surface area contributed by atoms with E-state index in [1.165, 1.54) is 11.8 Å². The van der Waals surface area contributed by atoms with Crippen molar-refractivity contribution in [2.75, 3.05) is 11.1 Å². The minimum Gasteiger partial charge on any atom is -0.480 e. The van der Waals surface area contributed by atoms with E-state index in [9.17, 15) is 18.4 Å². The van der Waals surface area contributed by atoms with E-state index < -0.39 is 29.7 Å². The van der Waals surface area contributed by atoms with E-state index >= 15 is 0 Å². The van der Waals surface area contributed by atoms with Gasteiger partial charge in [0.15, 0.2) is 0 Å². The van der Waals surface area contributed by atoms with Crippen LogP contribution in [-0.4, -0.2) is 39.2 Å². The summed E-state index contributed by atoms with van der Waals surface area (Å²) < 4.78 is 27.0. The van der Waals surface area contributed by atoms with Crippen molar-refractivity contribution >= 4 is 45.4 Å². The van der Waals surface area contributed by atoms with E-state index in [2.05, 4.69) is 21.2 Å². The van der Waals surface area contributed by atoms with Gasteiger partial charge in [-0.3, -0.25) is 4.90 Å². The Bertz CT molecular complexity index is 602. The van der Waals surface area contributed by atoms with Crippen LogP contribution in [0.1, 0.15) is 6.92 Å². The Morgan fingerprint density at radius 3 is 2.71 bits per heavy atom. The molecule has 2 N–H and O–H groups in total. The molecule has 2 unspecified atom stereocenters. The van der Waals surface area contributed by atoms with E-state index in [4.69, 9.17) is 5.11 Å². The molecule has 0 radical (unpaired) electrons. The summed E-state index contributed by atoms with van der Waals surface area (Å²) in [5.41, 5.74) is -0.339. The lowest BCUT2D eigenvalue weighted by atomic mass is 10.2. The van der Waals surface area contributed by atoms with Gasteiger partial charge in [0.25, 0.3) is 0 Å². The minimum atomic E-state index is -1.13. The number of nitrogens with one attached hydrogen (secondary N) is 1. The molecular weight excluding hydrogens is 370 g/mol. The second-order valence-corrected chi connectivity index (χ2v) is 6.57. The number of hydrogen-bond donors (Lipinski definition) is 2. The monoisotopic (exact) mass is 380 g/mol. The highest BCUT2D eigenvalue weighted by Gasteiger charge is 2.39. The first kappa shape index (κ1) is 16.0. The standard InChI is InChI=1S/C12H11BrF2N2O3S/c1-5-17(10(4-21-5)11(18)19)12(20)16-9-3-7(14)6(13)2-8(9)15/h2-3,5,10H,4H2,1H3,(H,16,20)(H,18,19). The number of urea groups is 1. The van der Waals surface area contributed by atoms with E-state index in [0.29, 0.717) is 0 Å². The molecule has 9 heteroatoms. The Morgan fingerprint density at radius 1 is 1.43 bits per heavy atom. The molecule has 1 fully saturated rings. The van der Waals surface area contributed by atoms with Gasteiger partial charge in [0.1, 0.15) is 17.7 Å². The molecular formula is C12H11BrF2N2O3S. The molecule has 1 heterocycles. The lowest BCUT2D eigenvalue weighted by molar-refractivity contribution is -0.141. The smallest absolute Gasteiger partial charge is 0.327 e. The van der Waals surface area contributed by atoms with Gasteiger partial charge in [0.05, 0.1) is 15.5 Å². The summed E-state index contributed by atoms with van der Waals surface area (Å²) in [5, 5.41) is 10.9. The van der Waals surface area contributed by atoms with Gasteiger partial charge in [-0.25, -0.2) is 18.4 Å². The summed E-state index contributed by atoms with van der Waals surface area (Å²) in [6.07, 6.45) is 0. The molecule has 0 aliphatic carbocycles. The second kappa shape index (κ2) is 6.18. The van der Waals surface area contributed by atoms with Crippen LogP contribution in [0.15, 0.2) is 16.6 Å². The van der Waals surface area contributed by atoms with Crippen LogP contribution in [0.5, 0.6) is 0 Å². The summed E-state index contributed by atoms with van der Waals surface area (Å²) in [5.74, 6) is -2.43. The van der Waals surface area contributed by atoms with Crippen molar-refractivity contribution in [2.24, 2.45) is 0 Å². The molecule has 21 heavy (non-hydrogen) atoms. The molecule has 114 valence electrons. The lowest BCUT2D eigenvalue weighted by Crippen LogP contribution is -2.46. The minimum absolute atomic E-state index is 0.0634. The quantitative estimate of drug-likeness (QED) is 0.773. The number of hydrogen-bond acceptors (Lipinski definition) is 3. The Hall–Kier alpha value is -1.35. The predicted molar refractivity (Wildman–Crippen MR) is 78.3 cm³/mol. The second-order valence-electron chi connectivity index (χ2n) is 4.37. The number of nitrogens with zero attached hydrogens (tertiary/aromatic N) is 1. The van der Waals surface area contributed by atoms with Crippen LogP contribution in [0.2, 0.25) is 0 Å². The van der Waals surface area contributed by atoms with Crippen molar-refractivity contribution in [1.82, 2.24) is 4.90 Å². The number of halogens is 3. The highest BCUT2D eigenvalue weighted by Crippen LogP contribution is 2.30. The normalized spacial score (nSPS) is 21.4. The number of rotatable bonds is 2. The van der Waals surface area contributed by atoms with E-state index in [1.807, 2.05) is 0 Å². The van der Waals surface area contributed by atoms with E-state index in [-0.39, 0.29) is 21.3 Å². The van der Waals surface area contributed by atoms with Crippen LogP contribution >= 0.6 is 27.7 Å². The Labute approximate surface area is 131 Å². The Balaban J connectivity index is 2.21. The fraction of sp³-hybridized carbons (Fsp3) is 0.333. The van der Waals surface area contributed by atoms with E-state index in [1.54, 1.807) is 6.92 Å². The average Bonchev–Trinajstić information content (AvgIpc) is 2.78.